The lowest BCUT2D eigenvalue weighted by atomic mass is 9.95. The highest BCUT2D eigenvalue weighted by Crippen LogP contribution is 2.52. The van der Waals surface area contributed by atoms with Crippen LogP contribution in [0.4, 0.5) is 9.59 Å². The average molecular weight is 411 g/mol. The van der Waals surface area contributed by atoms with Gasteiger partial charge in [0, 0.05) is 12.0 Å². The number of hydrogen-bond acceptors (Lipinski definition) is 6. The fourth-order valence-electron chi connectivity index (χ4n) is 4.30. The number of nitrogens with zero attached hydrogens (tertiary/aromatic N) is 2. The van der Waals surface area contributed by atoms with E-state index in [9.17, 15) is 14.4 Å². The lowest BCUT2D eigenvalue weighted by molar-refractivity contribution is -0.132. The van der Waals surface area contributed by atoms with E-state index in [2.05, 4.69) is 0 Å². The van der Waals surface area contributed by atoms with Crippen molar-refractivity contribution >= 4 is 18.1 Å². The number of ether oxygens (including phenoxy) is 3. The topological polar surface area (TPSA) is 85.4 Å². The maximum absolute atomic E-state index is 13.0. The molecule has 2 aliphatic heterocycles. The van der Waals surface area contributed by atoms with Crippen LogP contribution in [-0.4, -0.2) is 63.5 Å². The smallest absolute Gasteiger partial charge is 0.417 e. The molecule has 0 bridgehead atoms. The molecule has 0 spiro atoms. The van der Waals surface area contributed by atoms with Gasteiger partial charge in [0.1, 0.15) is 16.9 Å². The Morgan fingerprint density at radius 2 is 1.62 bits per heavy atom. The molecule has 0 unspecified atom stereocenters. The molecule has 2 saturated heterocycles. The summed E-state index contributed by atoms with van der Waals surface area (Å²) in [5.41, 5.74) is -2.10. The lowest BCUT2D eigenvalue weighted by Crippen LogP contribution is -2.50. The van der Waals surface area contributed by atoms with Crippen LogP contribution >= 0.6 is 0 Å². The summed E-state index contributed by atoms with van der Waals surface area (Å²) in [4.78, 5) is 41.2. The predicted octanol–water partition coefficient (Wildman–Crippen LogP) is 3.53. The van der Waals surface area contributed by atoms with E-state index >= 15 is 0 Å². The van der Waals surface area contributed by atoms with Crippen molar-refractivity contribution in [1.82, 2.24) is 9.80 Å². The Labute approximate surface area is 172 Å². The van der Waals surface area contributed by atoms with Gasteiger partial charge < -0.3 is 14.2 Å². The first kappa shape index (κ1) is 21.9. The van der Waals surface area contributed by atoms with Crippen LogP contribution < -0.4 is 0 Å². The molecule has 3 amide bonds. The van der Waals surface area contributed by atoms with Crippen LogP contribution in [0, 0.1) is 11.8 Å². The molecule has 29 heavy (non-hydrogen) atoms. The van der Waals surface area contributed by atoms with Gasteiger partial charge in [0.25, 0.3) is 0 Å². The Kier molecular flexibility index (Phi) is 5.17. The second kappa shape index (κ2) is 6.86. The number of amides is 3. The molecule has 0 radical (unpaired) electrons. The molecule has 164 valence electrons. The minimum absolute atomic E-state index is 0.0901. The van der Waals surface area contributed by atoms with Gasteiger partial charge in [-0.2, -0.15) is 0 Å². The van der Waals surface area contributed by atoms with Gasteiger partial charge in [-0.05, 0) is 74.1 Å². The van der Waals surface area contributed by atoms with E-state index in [-0.39, 0.29) is 29.8 Å². The molecule has 0 aromatic heterocycles. The summed E-state index contributed by atoms with van der Waals surface area (Å²) in [6.07, 6.45) is 0.206. The van der Waals surface area contributed by atoms with Crippen molar-refractivity contribution in [3.05, 3.63) is 0 Å². The summed E-state index contributed by atoms with van der Waals surface area (Å²) >= 11 is 0. The first-order chi connectivity index (χ1) is 13.1. The summed E-state index contributed by atoms with van der Waals surface area (Å²) in [5, 5.41) is 0. The van der Waals surface area contributed by atoms with Gasteiger partial charge in [-0.1, -0.05) is 0 Å². The molecule has 1 saturated carbocycles. The first-order valence-corrected chi connectivity index (χ1v) is 10.3. The van der Waals surface area contributed by atoms with E-state index in [1.165, 1.54) is 4.90 Å². The van der Waals surface area contributed by atoms with Gasteiger partial charge in [0.05, 0.1) is 12.6 Å². The Bertz CT molecular complexity index is 705. The maximum Gasteiger partial charge on any atom is 0.417 e. The van der Waals surface area contributed by atoms with Crippen LogP contribution in [0.25, 0.3) is 0 Å². The number of likely N-dealkylation sites (tertiary alicyclic amines) is 1. The van der Waals surface area contributed by atoms with Gasteiger partial charge in [-0.15, -0.1) is 0 Å². The third-order valence-corrected chi connectivity index (χ3v) is 5.49. The molecule has 4 atom stereocenters. The van der Waals surface area contributed by atoms with E-state index in [4.69, 9.17) is 14.2 Å². The van der Waals surface area contributed by atoms with Crippen LogP contribution in [0.15, 0.2) is 0 Å². The van der Waals surface area contributed by atoms with Gasteiger partial charge in [-0.25, -0.2) is 14.5 Å². The minimum Gasteiger partial charge on any atom is -0.444 e. The molecule has 8 nitrogen and oxygen atoms in total. The minimum atomic E-state index is -0.817. The number of imide groups is 1. The summed E-state index contributed by atoms with van der Waals surface area (Å²) in [5.74, 6) is -0.409. The second-order valence-electron chi connectivity index (χ2n) is 10.8. The van der Waals surface area contributed by atoms with Crippen molar-refractivity contribution in [2.75, 3.05) is 6.61 Å². The molecule has 3 aliphatic rings. The zero-order valence-electron chi connectivity index (χ0n) is 18.8. The number of carbonyl (C=O) groups is 3. The number of rotatable bonds is 2. The van der Waals surface area contributed by atoms with E-state index < -0.39 is 29.1 Å². The maximum atomic E-state index is 13.0. The molecule has 0 aromatic carbocycles. The van der Waals surface area contributed by atoms with Crippen molar-refractivity contribution in [2.24, 2.45) is 11.8 Å². The standard InChI is InChI=1S/C21H34N2O6/c1-19(2,3)28-17(25)22-15-10-13(15)14(16(22)24)9-12-11-27-21(7,8)23(12)18(26)29-20(4,5)6/h12-15H,9-11H2,1-8H3/t12-,13+,14+,15+/m0/s1. The molecular formula is C21H34N2O6. The van der Waals surface area contributed by atoms with Crippen LogP contribution in [0.2, 0.25) is 0 Å². The fraction of sp³-hybridized carbons (Fsp3) is 0.857. The van der Waals surface area contributed by atoms with E-state index in [1.54, 1.807) is 25.7 Å². The van der Waals surface area contributed by atoms with Gasteiger partial charge in [-0.3, -0.25) is 9.69 Å². The van der Waals surface area contributed by atoms with Crippen molar-refractivity contribution < 1.29 is 28.6 Å². The molecule has 0 N–H and O–H groups in total. The summed E-state index contributed by atoms with van der Waals surface area (Å²) in [6, 6.07) is -0.374. The van der Waals surface area contributed by atoms with Crippen LogP contribution in [0.1, 0.15) is 68.2 Å². The van der Waals surface area contributed by atoms with Crippen molar-refractivity contribution in [3.8, 4) is 0 Å². The second-order valence-corrected chi connectivity index (χ2v) is 10.8. The summed E-state index contributed by atoms with van der Waals surface area (Å²) in [7, 11) is 0. The Morgan fingerprint density at radius 1 is 1.07 bits per heavy atom. The van der Waals surface area contributed by atoms with Gasteiger partial charge >= 0.3 is 12.2 Å². The largest absolute Gasteiger partial charge is 0.444 e. The zero-order valence-corrected chi connectivity index (χ0v) is 18.8. The lowest BCUT2D eigenvalue weighted by Gasteiger charge is -2.35. The highest BCUT2D eigenvalue weighted by atomic mass is 16.6. The fourth-order valence-corrected chi connectivity index (χ4v) is 4.30. The van der Waals surface area contributed by atoms with E-state index in [1.807, 2.05) is 34.6 Å². The Morgan fingerprint density at radius 3 is 2.17 bits per heavy atom. The van der Waals surface area contributed by atoms with Crippen molar-refractivity contribution in [3.63, 3.8) is 0 Å². The third-order valence-electron chi connectivity index (χ3n) is 5.49. The van der Waals surface area contributed by atoms with E-state index in [0.29, 0.717) is 13.0 Å². The van der Waals surface area contributed by atoms with Gasteiger partial charge in [0.15, 0.2) is 0 Å². The highest BCUT2D eigenvalue weighted by Gasteiger charge is 2.62. The average Bonchev–Trinajstić information content (AvgIpc) is 3.11. The monoisotopic (exact) mass is 410 g/mol. The molecule has 8 heteroatoms. The predicted molar refractivity (Wildman–Crippen MR) is 105 cm³/mol. The van der Waals surface area contributed by atoms with Crippen molar-refractivity contribution in [2.45, 2.75) is 97.2 Å². The van der Waals surface area contributed by atoms with Crippen molar-refractivity contribution in [1.29, 1.82) is 0 Å². The highest BCUT2D eigenvalue weighted by molar-refractivity contribution is 5.97. The third kappa shape index (κ3) is 4.52. The van der Waals surface area contributed by atoms with E-state index in [0.717, 1.165) is 6.42 Å². The number of piperidine rings is 1. The summed E-state index contributed by atoms with van der Waals surface area (Å²) in [6.45, 7) is 14.8. The van der Waals surface area contributed by atoms with Crippen LogP contribution in [-0.2, 0) is 19.0 Å². The normalized spacial score (nSPS) is 31.0. The van der Waals surface area contributed by atoms with Crippen LogP contribution in [0.3, 0.4) is 0 Å². The Balaban J connectivity index is 1.72. The van der Waals surface area contributed by atoms with Crippen LogP contribution in [0.5, 0.6) is 0 Å². The molecule has 1 aliphatic carbocycles. The molecule has 2 heterocycles. The number of carbonyl (C=O) groups excluding carboxylic acids is 3. The molecule has 3 rings (SSSR count). The molecule has 3 fully saturated rings. The SMILES string of the molecule is CC(C)(C)OC(=O)N1C(=O)[C@H](C[C@H]2COC(C)(C)N2C(=O)OC(C)(C)C)[C@H]2C[C@H]21. The molecule has 0 aromatic rings. The zero-order chi connectivity index (χ0) is 21.9. The molecular weight excluding hydrogens is 376 g/mol. The number of fused-ring (bicyclic) bond motifs is 1. The number of hydrogen-bond donors (Lipinski definition) is 0. The quantitative estimate of drug-likeness (QED) is 0.692. The Hall–Kier alpha value is -1.83. The van der Waals surface area contributed by atoms with Gasteiger partial charge in [0.2, 0.25) is 5.91 Å². The first-order valence-electron chi connectivity index (χ1n) is 10.3. The summed E-state index contributed by atoms with van der Waals surface area (Å²) < 4.78 is 16.8.